The molecule has 1 amide bonds. The van der Waals surface area contributed by atoms with E-state index < -0.39 is 0 Å². The molecule has 1 fully saturated rings. The molecule has 0 unspecified atom stereocenters. The second kappa shape index (κ2) is 8.67. The number of aromatic nitrogens is 2. The molecule has 0 atom stereocenters. The zero-order valence-corrected chi connectivity index (χ0v) is 17.6. The largest absolute Gasteiger partial charge is 0.495 e. The number of carbonyl (C=O) groups is 1. The van der Waals surface area contributed by atoms with E-state index in [1.165, 1.54) is 5.56 Å². The number of nitrogens with zero attached hydrogens (tertiary/aromatic N) is 3. The van der Waals surface area contributed by atoms with Crippen LogP contribution in [0.2, 0.25) is 0 Å². The van der Waals surface area contributed by atoms with Crippen molar-refractivity contribution < 1.29 is 9.53 Å². The fraction of sp³-hybridized carbons (Fsp3) is 0.348. The van der Waals surface area contributed by atoms with E-state index in [1.807, 2.05) is 29.3 Å². The van der Waals surface area contributed by atoms with Crippen LogP contribution in [-0.2, 0) is 0 Å². The van der Waals surface area contributed by atoms with Crippen LogP contribution in [0.5, 0.6) is 5.75 Å². The average Bonchev–Trinajstić information content (AvgIpc) is 2.78. The van der Waals surface area contributed by atoms with E-state index in [-0.39, 0.29) is 5.91 Å². The van der Waals surface area contributed by atoms with Gasteiger partial charge in [0, 0.05) is 43.3 Å². The van der Waals surface area contributed by atoms with Crippen LogP contribution in [0.4, 0.5) is 11.6 Å². The number of hydrogen-bond acceptors (Lipinski definition) is 6. The molecule has 2 heterocycles. The smallest absolute Gasteiger partial charge is 0.254 e. The molecule has 7 heteroatoms. The van der Waals surface area contributed by atoms with Crippen LogP contribution in [0, 0.1) is 0 Å². The summed E-state index contributed by atoms with van der Waals surface area (Å²) in [6.45, 7) is 7.35. The van der Waals surface area contributed by atoms with Gasteiger partial charge in [-0.15, -0.1) is 0 Å². The predicted octanol–water partition coefficient (Wildman–Crippen LogP) is 3.55. The Hall–Kier alpha value is -3.19. The quantitative estimate of drug-likeness (QED) is 0.676. The average molecular weight is 406 g/mol. The van der Waals surface area contributed by atoms with Crippen molar-refractivity contribution in [3.63, 3.8) is 0 Å². The zero-order valence-electron chi connectivity index (χ0n) is 17.6. The standard InChI is InChI=1S/C23H27N5O2/c1-15(2)18-6-4-5-17-14-25-23(27-21(17)18)26-19-13-16(7-8-20(19)30-3)22(29)28-11-9-24-10-12-28/h4-8,13-15,24H,9-12H2,1-3H3,(H,25,26,27). The number of hydrogen-bond donors (Lipinski definition) is 2. The summed E-state index contributed by atoms with van der Waals surface area (Å²) in [6, 6.07) is 11.5. The van der Waals surface area contributed by atoms with Gasteiger partial charge in [-0.25, -0.2) is 9.97 Å². The molecule has 30 heavy (non-hydrogen) atoms. The normalized spacial score (nSPS) is 14.2. The van der Waals surface area contributed by atoms with E-state index in [2.05, 4.69) is 35.5 Å². The van der Waals surface area contributed by atoms with E-state index in [9.17, 15) is 4.79 Å². The number of methoxy groups -OCH3 is 1. The van der Waals surface area contributed by atoms with Crippen LogP contribution in [0.1, 0.15) is 35.7 Å². The number of piperazine rings is 1. The minimum absolute atomic E-state index is 0.0173. The van der Waals surface area contributed by atoms with Crippen LogP contribution < -0.4 is 15.4 Å². The molecule has 3 aromatic rings. The highest BCUT2D eigenvalue weighted by molar-refractivity contribution is 5.96. The van der Waals surface area contributed by atoms with Gasteiger partial charge >= 0.3 is 0 Å². The molecule has 0 aliphatic carbocycles. The number of para-hydroxylation sites is 1. The number of fused-ring (bicyclic) bond motifs is 1. The summed E-state index contributed by atoms with van der Waals surface area (Å²) >= 11 is 0. The lowest BCUT2D eigenvalue weighted by atomic mass is 10.0. The van der Waals surface area contributed by atoms with Gasteiger partial charge in [-0.05, 0) is 29.7 Å². The molecule has 2 N–H and O–H groups in total. The lowest BCUT2D eigenvalue weighted by Gasteiger charge is -2.27. The summed E-state index contributed by atoms with van der Waals surface area (Å²) in [5.41, 5.74) is 3.38. The van der Waals surface area contributed by atoms with Gasteiger partial charge in [0.15, 0.2) is 0 Å². The summed E-state index contributed by atoms with van der Waals surface area (Å²) < 4.78 is 5.49. The van der Waals surface area contributed by atoms with Crippen molar-refractivity contribution in [2.75, 3.05) is 38.6 Å². The topological polar surface area (TPSA) is 79.4 Å². The van der Waals surface area contributed by atoms with Crippen molar-refractivity contribution in [2.24, 2.45) is 0 Å². The second-order valence-electron chi connectivity index (χ2n) is 7.72. The van der Waals surface area contributed by atoms with Crippen molar-refractivity contribution in [3.8, 4) is 5.75 Å². The summed E-state index contributed by atoms with van der Waals surface area (Å²) in [5, 5.41) is 7.52. The minimum Gasteiger partial charge on any atom is -0.495 e. The van der Waals surface area contributed by atoms with E-state index in [4.69, 9.17) is 9.72 Å². The summed E-state index contributed by atoms with van der Waals surface area (Å²) in [7, 11) is 1.61. The first-order valence-corrected chi connectivity index (χ1v) is 10.3. The highest BCUT2D eigenvalue weighted by Crippen LogP contribution is 2.30. The first-order chi connectivity index (χ1) is 14.6. The van der Waals surface area contributed by atoms with E-state index in [0.717, 1.165) is 24.0 Å². The third kappa shape index (κ3) is 4.07. The molecular formula is C23H27N5O2. The Morgan fingerprint density at radius 3 is 2.73 bits per heavy atom. The maximum atomic E-state index is 12.9. The molecule has 1 aliphatic rings. The Balaban J connectivity index is 1.66. The van der Waals surface area contributed by atoms with Gasteiger partial charge in [-0.1, -0.05) is 32.0 Å². The van der Waals surface area contributed by atoms with Crippen LogP contribution in [0.25, 0.3) is 10.9 Å². The number of carbonyl (C=O) groups excluding carboxylic acids is 1. The summed E-state index contributed by atoms with van der Waals surface area (Å²) in [5.74, 6) is 1.48. The molecule has 1 aromatic heterocycles. The van der Waals surface area contributed by atoms with Crippen molar-refractivity contribution in [1.29, 1.82) is 0 Å². The Morgan fingerprint density at radius 2 is 2.00 bits per heavy atom. The lowest BCUT2D eigenvalue weighted by Crippen LogP contribution is -2.46. The molecule has 4 rings (SSSR count). The molecular weight excluding hydrogens is 378 g/mol. The van der Waals surface area contributed by atoms with E-state index in [1.54, 1.807) is 19.2 Å². The minimum atomic E-state index is 0.0173. The SMILES string of the molecule is COc1ccc(C(=O)N2CCNCC2)cc1Nc1ncc2cccc(C(C)C)c2n1. The maximum Gasteiger partial charge on any atom is 0.254 e. The Bertz CT molecular complexity index is 1060. The molecule has 0 radical (unpaired) electrons. The molecule has 0 saturated carbocycles. The number of rotatable bonds is 5. The lowest BCUT2D eigenvalue weighted by molar-refractivity contribution is 0.0736. The first-order valence-electron chi connectivity index (χ1n) is 10.3. The van der Waals surface area contributed by atoms with Gasteiger partial charge in [0.1, 0.15) is 5.75 Å². The van der Waals surface area contributed by atoms with Crippen molar-refractivity contribution in [3.05, 3.63) is 53.7 Å². The van der Waals surface area contributed by atoms with Gasteiger partial charge in [0.05, 0.1) is 18.3 Å². The Kier molecular flexibility index (Phi) is 5.81. The van der Waals surface area contributed by atoms with E-state index >= 15 is 0 Å². The fourth-order valence-electron chi connectivity index (χ4n) is 3.71. The number of benzene rings is 2. The Morgan fingerprint density at radius 1 is 1.20 bits per heavy atom. The molecule has 7 nitrogen and oxygen atoms in total. The Labute approximate surface area is 176 Å². The first kappa shape index (κ1) is 20.1. The second-order valence-corrected chi connectivity index (χ2v) is 7.72. The van der Waals surface area contributed by atoms with E-state index in [0.29, 0.717) is 42.0 Å². The number of nitrogens with one attached hydrogen (secondary N) is 2. The molecule has 0 spiro atoms. The van der Waals surface area contributed by atoms with Gasteiger partial charge in [0.25, 0.3) is 5.91 Å². The van der Waals surface area contributed by atoms with Gasteiger partial charge < -0.3 is 20.3 Å². The summed E-state index contributed by atoms with van der Waals surface area (Å²) in [6.07, 6.45) is 1.82. The fourth-order valence-corrected chi connectivity index (χ4v) is 3.71. The third-order valence-electron chi connectivity index (χ3n) is 5.36. The third-order valence-corrected chi connectivity index (χ3v) is 5.36. The number of anilines is 2. The number of ether oxygens (including phenoxy) is 1. The van der Waals surface area contributed by atoms with Crippen LogP contribution in [0.3, 0.4) is 0 Å². The van der Waals surface area contributed by atoms with Crippen LogP contribution in [0.15, 0.2) is 42.6 Å². The molecule has 0 bridgehead atoms. The summed E-state index contributed by atoms with van der Waals surface area (Å²) in [4.78, 5) is 24.0. The van der Waals surface area contributed by atoms with Crippen LogP contribution >= 0.6 is 0 Å². The molecule has 1 saturated heterocycles. The molecule has 156 valence electrons. The highest BCUT2D eigenvalue weighted by Gasteiger charge is 2.19. The van der Waals surface area contributed by atoms with Gasteiger partial charge in [0.2, 0.25) is 5.95 Å². The van der Waals surface area contributed by atoms with Gasteiger partial charge in [-0.2, -0.15) is 0 Å². The van der Waals surface area contributed by atoms with Crippen molar-refractivity contribution in [2.45, 2.75) is 19.8 Å². The predicted molar refractivity (Wildman–Crippen MR) is 119 cm³/mol. The number of amides is 1. The van der Waals surface area contributed by atoms with Gasteiger partial charge in [-0.3, -0.25) is 4.79 Å². The monoisotopic (exact) mass is 405 g/mol. The molecule has 1 aliphatic heterocycles. The van der Waals surface area contributed by atoms with Crippen molar-refractivity contribution >= 4 is 28.4 Å². The maximum absolute atomic E-state index is 12.9. The van der Waals surface area contributed by atoms with Crippen molar-refractivity contribution in [1.82, 2.24) is 20.2 Å². The molecule has 2 aromatic carbocycles. The van der Waals surface area contributed by atoms with Crippen LogP contribution in [-0.4, -0.2) is 54.1 Å². The highest BCUT2D eigenvalue weighted by atomic mass is 16.5. The zero-order chi connectivity index (χ0) is 21.1.